The molecule has 2 nitrogen and oxygen atoms in total. The van der Waals surface area contributed by atoms with Crippen LogP contribution < -0.4 is 5.32 Å². The van der Waals surface area contributed by atoms with Crippen molar-refractivity contribution in [1.29, 1.82) is 0 Å². The minimum absolute atomic E-state index is 0.115. The molecule has 1 N–H and O–H groups in total. The largest absolute Gasteiger partial charge is 0.351 e. The molecule has 0 aliphatic heterocycles. The van der Waals surface area contributed by atoms with Crippen LogP contribution in [0.25, 0.3) is 0 Å². The van der Waals surface area contributed by atoms with Gasteiger partial charge in [-0.1, -0.05) is 68.4 Å². The molecule has 24 heavy (non-hydrogen) atoms. The zero-order chi connectivity index (χ0) is 17.6. The number of benzene rings is 2. The third-order valence-corrected chi connectivity index (χ3v) is 4.25. The minimum atomic E-state index is -0.236. The second-order valence-corrected chi connectivity index (χ2v) is 7.49. The normalized spacial score (nSPS) is 11.5. The Morgan fingerprint density at radius 2 is 1.58 bits per heavy atom. The summed E-state index contributed by atoms with van der Waals surface area (Å²) in [4.78, 5) is 12.3. The molecule has 2 aromatic carbocycles. The summed E-state index contributed by atoms with van der Waals surface area (Å²) in [5.74, 6) is 0.657. The third kappa shape index (κ3) is 5.84. The lowest BCUT2D eigenvalue weighted by atomic mass is 9.94. The third-order valence-electron chi connectivity index (χ3n) is 4.25. The highest BCUT2D eigenvalue weighted by Gasteiger charge is 2.20. The van der Waals surface area contributed by atoms with Crippen LogP contribution in [0.1, 0.15) is 56.7 Å². The first kappa shape index (κ1) is 18.3. The van der Waals surface area contributed by atoms with Crippen LogP contribution in [0.2, 0.25) is 0 Å². The highest BCUT2D eigenvalue weighted by Crippen LogP contribution is 2.16. The molecule has 0 aromatic heterocycles. The Kier molecular flexibility index (Phi) is 6.19. The van der Waals surface area contributed by atoms with E-state index in [1.807, 2.05) is 18.2 Å². The van der Waals surface area contributed by atoms with Crippen molar-refractivity contribution in [3.8, 4) is 0 Å². The molecule has 0 atom stereocenters. The SMILES string of the molecule is CC(C)c1ccc(CCC(=O)NC(C)(C)Cc2ccccc2)cc1. The van der Waals surface area contributed by atoms with E-state index < -0.39 is 0 Å². The molecule has 1 amide bonds. The van der Waals surface area contributed by atoms with Crippen molar-refractivity contribution in [2.24, 2.45) is 0 Å². The van der Waals surface area contributed by atoms with Gasteiger partial charge in [0.1, 0.15) is 0 Å². The van der Waals surface area contributed by atoms with Crippen LogP contribution in [0.15, 0.2) is 54.6 Å². The molecule has 2 rings (SSSR count). The molecule has 0 heterocycles. The van der Waals surface area contributed by atoms with Crippen LogP contribution >= 0.6 is 0 Å². The number of hydrogen-bond donors (Lipinski definition) is 1. The molecule has 2 aromatic rings. The summed E-state index contributed by atoms with van der Waals surface area (Å²) in [5.41, 5.74) is 3.56. The fourth-order valence-electron chi connectivity index (χ4n) is 2.92. The predicted molar refractivity (Wildman–Crippen MR) is 101 cm³/mol. The van der Waals surface area contributed by atoms with E-state index in [1.54, 1.807) is 0 Å². The Hall–Kier alpha value is -2.09. The van der Waals surface area contributed by atoms with Crippen molar-refractivity contribution in [3.63, 3.8) is 0 Å². The minimum Gasteiger partial charge on any atom is -0.351 e. The second kappa shape index (κ2) is 8.14. The summed E-state index contributed by atoms with van der Waals surface area (Å²) in [5, 5.41) is 3.17. The summed E-state index contributed by atoms with van der Waals surface area (Å²) in [7, 11) is 0. The van der Waals surface area contributed by atoms with Crippen molar-refractivity contribution in [1.82, 2.24) is 5.32 Å². The van der Waals surface area contributed by atoms with Gasteiger partial charge in [0.25, 0.3) is 0 Å². The maximum Gasteiger partial charge on any atom is 0.220 e. The average molecular weight is 323 g/mol. The Balaban J connectivity index is 1.83. The van der Waals surface area contributed by atoms with Gasteiger partial charge in [0.15, 0.2) is 0 Å². The highest BCUT2D eigenvalue weighted by molar-refractivity contribution is 5.77. The van der Waals surface area contributed by atoms with E-state index in [9.17, 15) is 4.79 Å². The molecule has 0 saturated carbocycles. The summed E-state index contributed by atoms with van der Waals surface area (Å²) >= 11 is 0. The van der Waals surface area contributed by atoms with E-state index in [2.05, 4.69) is 69.4 Å². The Bertz CT molecular complexity index is 641. The molecule has 0 fully saturated rings. The number of nitrogens with one attached hydrogen (secondary N) is 1. The predicted octanol–water partition coefficient (Wildman–Crippen LogP) is 4.88. The molecular weight excluding hydrogens is 294 g/mol. The molecule has 0 radical (unpaired) electrons. The number of hydrogen-bond acceptors (Lipinski definition) is 1. The van der Waals surface area contributed by atoms with Crippen molar-refractivity contribution in [2.45, 2.75) is 58.4 Å². The van der Waals surface area contributed by atoms with Crippen molar-refractivity contribution >= 4 is 5.91 Å². The number of rotatable bonds is 7. The van der Waals surface area contributed by atoms with Crippen LogP contribution in [0.3, 0.4) is 0 Å². The highest BCUT2D eigenvalue weighted by atomic mass is 16.1. The van der Waals surface area contributed by atoms with Gasteiger partial charge in [0, 0.05) is 12.0 Å². The van der Waals surface area contributed by atoms with E-state index in [0.29, 0.717) is 12.3 Å². The number of carbonyl (C=O) groups is 1. The Labute approximate surface area is 146 Å². The molecule has 0 aliphatic carbocycles. The summed E-state index contributed by atoms with van der Waals surface area (Å²) < 4.78 is 0. The Morgan fingerprint density at radius 3 is 2.17 bits per heavy atom. The number of carbonyl (C=O) groups excluding carboxylic acids is 1. The van der Waals surface area contributed by atoms with Gasteiger partial charge in [-0.05, 0) is 49.3 Å². The molecule has 0 unspecified atom stereocenters. The maximum absolute atomic E-state index is 12.3. The molecule has 128 valence electrons. The van der Waals surface area contributed by atoms with E-state index in [0.717, 1.165) is 12.8 Å². The van der Waals surface area contributed by atoms with Gasteiger partial charge in [0.05, 0.1) is 0 Å². The standard InChI is InChI=1S/C22H29NO/c1-17(2)20-13-10-18(11-14-20)12-15-21(24)23-22(3,4)16-19-8-6-5-7-9-19/h5-11,13-14,17H,12,15-16H2,1-4H3,(H,23,24). The fraction of sp³-hybridized carbons (Fsp3) is 0.409. The molecular formula is C22H29NO. The van der Waals surface area contributed by atoms with E-state index in [-0.39, 0.29) is 11.4 Å². The first-order valence-corrected chi connectivity index (χ1v) is 8.79. The zero-order valence-electron chi connectivity index (χ0n) is 15.3. The van der Waals surface area contributed by atoms with Crippen molar-refractivity contribution < 1.29 is 4.79 Å². The maximum atomic E-state index is 12.3. The average Bonchev–Trinajstić information content (AvgIpc) is 2.53. The lowest BCUT2D eigenvalue weighted by Gasteiger charge is -2.26. The zero-order valence-corrected chi connectivity index (χ0v) is 15.3. The molecule has 0 saturated heterocycles. The van der Waals surface area contributed by atoms with Gasteiger partial charge in [-0.25, -0.2) is 0 Å². The molecule has 0 spiro atoms. The second-order valence-electron chi connectivity index (χ2n) is 7.49. The Morgan fingerprint density at radius 1 is 0.958 bits per heavy atom. The van der Waals surface area contributed by atoms with Gasteiger partial charge in [-0.3, -0.25) is 4.79 Å². The van der Waals surface area contributed by atoms with Crippen LogP contribution in [0.5, 0.6) is 0 Å². The van der Waals surface area contributed by atoms with Crippen molar-refractivity contribution in [2.75, 3.05) is 0 Å². The van der Waals surface area contributed by atoms with E-state index in [4.69, 9.17) is 0 Å². The topological polar surface area (TPSA) is 29.1 Å². The first-order chi connectivity index (χ1) is 11.4. The lowest BCUT2D eigenvalue weighted by Crippen LogP contribution is -2.45. The number of amides is 1. The van der Waals surface area contributed by atoms with Crippen LogP contribution in [-0.2, 0) is 17.6 Å². The van der Waals surface area contributed by atoms with Crippen molar-refractivity contribution in [3.05, 3.63) is 71.3 Å². The summed E-state index contributed by atoms with van der Waals surface area (Å²) in [6.07, 6.45) is 2.15. The fourth-order valence-corrected chi connectivity index (χ4v) is 2.92. The smallest absolute Gasteiger partial charge is 0.220 e. The first-order valence-electron chi connectivity index (χ1n) is 8.79. The molecule has 2 heteroatoms. The number of aryl methyl sites for hydroxylation is 1. The van der Waals surface area contributed by atoms with Gasteiger partial charge in [-0.15, -0.1) is 0 Å². The molecule has 0 bridgehead atoms. The van der Waals surface area contributed by atoms with Gasteiger partial charge in [-0.2, -0.15) is 0 Å². The van der Waals surface area contributed by atoms with E-state index >= 15 is 0 Å². The van der Waals surface area contributed by atoms with Gasteiger partial charge >= 0.3 is 0 Å². The quantitative estimate of drug-likeness (QED) is 0.773. The molecule has 0 aliphatic rings. The van der Waals surface area contributed by atoms with Gasteiger partial charge in [0.2, 0.25) is 5.91 Å². The van der Waals surface area contributed by atoms with Crippen LogP contribution in [0, 0.1) is 0 Å². The summed E-state index contributed by atoms with van der Waals surface area (Å²) in [6, 6.07) is 18.9. The van der Waals surface area contributed by atoms with Crippen LogP contribution in [-0.4, -0.2) is 11.4 Å². The van der Waals surface area contributed by atoms with Gasteiger partial charge < -0.3 is 5.32 Å². The monoisotopic (exact) mass is 323 g/mol. The summed E-state index contributed by atoms with van der Waals surface area (Å²) in [6.45, 7) is 8.54. The van der Waals surface area contributed by atoms with Crippen LogP contribution in [0.4, 0.5) is 0 Å². The lowest BCUT2D eigenvalue weighted by molar-refractivity contribution is -0.122. The van der Waals surface area contributed by atoms with E-state index in [1.165, 1.54) is 16.7 Å².